The molecule has 7 rings (SSSR count). The number of carbonyl (C=O) groups excluding carboxylic acids is 3. The zero-order valence-electron chi connectivity index (χ0n) is 31.9. The summed E-state index contributed by atoms with van der Waals surface area (Å²) >= 11 is 0. The van der Waals surface area contributed by atoms with E-state index in [-0.39, 0.29) is 35.6 Å². The van der Waals surface area contributed by atoms with E-state index >= 15 is 0 Å². The van der Waals surface area contributed by atoms with Gasteiger partial charge in [-0.3, -0.25) is 9.59 Å². The number of carbonyl (C=O) groups is 3. The van der Waals surface area contributed by atoms with Crippen LogP contribution in [-0.4, -0.2) is 73.9 Å². The number of ether oxygens (including phenoxy) is 3. The van der Waals surface area contributed by atoms with Gasteiger partial charge in [-0.1, -0.05) is 57.9 Å². The Kier molecular flexibility index (Phi) is 9.82. The molecule has 54 heavy (non-hydrogen) atoms. The predicted molar refractivity (Wildman–Crippen MR) is 203 cm³/mol. The number of H-pyrrole nitrogens is 2. The van der Waals surface area contributed by atoms with Crippen molar-refractivity contribution in [2.24, 2.45) is 17.8 Å². The van der Waals surface area contributed by atoms with Crippen molar-refractivity contribution >= 4 is 17.9 Å². The van der Waals surface area contributed by atoms with Crippen LogP contribution in [-0.2, 0) is 14.3 Å². The molecule has 4 atom stereocenters. The Labute approximate surface area is 314 Å². The topological polar surface area (TPSA) is 155 Å². The van der Waals surface area contributed by atoms with Gasteiger partial charge in [0.15, 0.2) is 23.0 Å². The molecule has 3 amide bonds. The molecule has 2 aromatic carbocycles. The van der Waals surface area contributed by atoms with Gasteiger partial charge in [0, 0.05) is 36.3 Å². The second-order valence-electron chi connectivity index (χ2n) is 15.1. The fraction of sp³-hybridized carbons (Fsp3) is 0.390. The van der Waals surface area contributed by atoms with Gasteiger partial charge >= 0.3 is 6.09 Å². The average molecular weight is 734 g/mol. The lowest BCUT2D eigenvalue weighted by Gasteiger charge is -2.30. The van der Waals surface area contributed by atoms with Crippen molar-refractivity contribution < 1.29 is 28.6 Å². The zero-order valence-corrected chi connectivity index (χ0v) is 31.9. The highest BCUT2D eigenvalue weighted by atomic mass is 16.6. The molecule has 0 spiro atoms. The molecule has 0 fully saturated rings. The minimum Gasteiger partial charge on any atom is -0.453 e. The van der Waals surface area contributed by atoms with Gasteiger partial charge in [-0.25, -0.2) is 14.8 Å². The van der Waals surface area contributed by atoms with Crippen LogP contribution >= 0.6 is 0 Å². The molecular formula is C41H47N7O6. The molecule has 0 radical (unpaired) electrons. The van der Waals surface area contributed by atoms with Gasteiger partial charge in [0.05, 0.1) is 24.7 Å². The third-order valence-corrected chi connectivity index (χ3v) is 10.4. The molecule has 13 heteroatoms. The number of nitrogens with one attached hydrogen (secondary N) is 3. The molecule has 2 aromatic heterocycles. The summed E-state index contributed by atoms with van der Waals surface area (Å²) in [5.74, 6) is 3.50. The van der Waals surface area contributed by atoms with Gasteiger partial charge in [-0.05, 0) is 62.1 Å². The minimum absolute atomic E-state index is 0.0847. The first kappa shape index (κ1) is 36.5. The molecule has 0 aliphatic carbocycles. The normalized spacial score (nSPS) is 18.7. The first-order valence-corrected chi connectivity index (χ1v) is 18.4. The minimum atomic E-state index is -0.748. The van der Waals surface area contributed by atoms with Crippen molar-refractivity contribution in [2.75, 3.05) is 20.2 Å². The van der Waals surface area contributed by atoms with E-state index < -0.39 is 18.2 Å². The Hall–Kier alpha value is -5.85. The van der Waals surface area contributed by atoms with Crippen LogP contribution in [0.5, 0.6) is 23.0 Å². The number of benzene rings is 2. The fourth-order valence-electron chi connectivity index (χ4n) is 7.04. The van der Waals surface area contributed by atoms with Gasteiger partial charge < -0.3 is 39.3 Å². The van der Waals surface area contributed by atoms with Crippen LogP contribution in [0.3, 0.4) is 0 Å². The van der Waals surface area contributed by atoms with Gasteiger partial charge in [0.1, 0.15) is 29.8 Å². The maximum atomic E-state index is 13.7. The van der Waals surface area contributed by atoms with Gasteiger partial charge in [-0.15, -0.1) is 0 Å². The van der Waals surface area contributed by atoms with Crippen LogP contribution in [0.15, 0.2) is 72.1 Å². The maximum absolute atomic E-state index is 13.7. The lowest BCUT2D eigenvalue weighted by atomic mass is 9.96. The highest BCUT2D eigenvalue weighted by Crippen LogP contribution is 2.48. The van der Waals surface area contributed by atoms with E-state index in [0.717, 1.165) is 28.0 Å². The fourth-order valence-corrected chi connectivity index (χ4v) is 7.04. The summed E-state index contributed by atoms with van der Waals surface area (Å²) in [5.41, 5.74) is 5.33. The molecule has 282 valence electrons. The Morgan fingerprint density at radius 1 is 0.815 bits per heavy atom. The van der Waals surface area contributed by atoms with Crippen molar-refractivity contribution in [3.8, 4) is 45.5 Å². The summed E-state index contributed by atoms with van der Waals surface area (Å²) in [6.07, 6.45) is 7.05. The highest BCUT2D eigenvalue weighted by Gasteiger charge is 2.37. The second-order valence-corrected chi connectivity index (χ2v) is 15.1. The predicted octanol–water partition coefficient (Wildman–Crippen LogP) is 7.70. The third-order valence-electron chi connectivity index (χ3n) is 10.4. The molecule has 3 aliphatic rings. The SMILES string of the molecule is COC(=O)N[C@H](C(=O)N1CC(C)=C[C@H]1c1nc(-c2ccc3c(c2)Oc2ccc(-c4cnc([C@@H]5C=C(C)CN5C(=O)[C@@H](C)C(C)C)[nH]4)cc2O3)c[nH]1)C(C)C. The number of rotatable bonds is 9. The monoisotopic (exact) mass is 733 g/mol. The molecular weight excluding hydrogens is 686 g/mol. The van der Waals surface area contributed by atoms with E-state index in [1.165, 1.54) is 7.11 Å². The average Bonchev–Trinajstić information content (AvgIpc) is 3.98. The molecule has 5 heterocycles. The third kappa shape index (κ3) is 6.97. The molecule has 3 aliphatic heterocycles. The summed E-state index contributed by atoms with van der Waals surface area (Å²) in [4.78, 5) is 58.9. The van der Waals surface area contributed by atoms with E-state index in [0.29, 0.717) is 53.4 Å². The Morgan fingerprint density at radius 3 is 2.02 bits per heavy atom. The lowest BCUT2D eigenvalue weighted by molar-refractivity contribution is -0.137. The smallest absolute Gasteiger partial charge is 0.407 e. The van der Waals surface area contributed by atoms with Crippen LogP contribution in [0.1, 0.15) is 72.2 Å². The molecule has 0 saturated carbocycles. The molecule has 3 N–H and O–H groups in total. The number of nitrogens with zero attached hydrogens (tertiary/aromatic N) is 4. The number of imidazole rings is 2. The summed E-state index contributed by atoms with van der Waals surface area (Å²) < 4.78 is 17.4. The zero-order chi connectivity index (χ0) is 38.4. The van der Waals surface area contributed by atoms with E-state index in [9.17, 15) is 14.4 Å². The first-order chi connectivity index (χ1) is 25.8. The number of alkyl carbamates (subject to hydrolysis) is 1. The second kappa shape index (κ2) is 14.5. The number of aromatic nitrogens is 4. The largest absolute Gasteiger partial charge is 0.453 e. The van der Waals surface area contributed by atoms with Gasteiger partial charge in [0.25, 0.3) is 0 Å². The molecule has 4 aromatic rings. The lowest BCUT2D eigenvalue weighted by Crippen LogP contribution is -2.51. The van der Waals surface area contributed by atoms with Crippen LogP contribution in [0.25, 0.3) is 22.5 Å². The van der Waals surface area contributed by atoms with Gasteiger partial charge in [-0.2, -0.15) is 0 Å². The number of hydrogen-bond acceptors (Lipinski definition) is 8. The summed E-state index contributed by atoms with van der Waals surface area (Å²) in [7, 11) is 1.28. The number of fused-ring (bicyclic) bond motifs is 2. The standard InChI is InChI=1S/C41H47N7O6/c1-21(2)25(7)39(49)47-19-23(5)13-30(47)37-42-17-28(44-37)26-9-11-32-34(15-26)53-33-12-10-27(16-35(33)54-32)29-18-43-38(45-29)31-14-24(6)20-48(31)40(50)36(22(3)4)46-41(51)52-8/h9-18,21-22,25,30-31,36H,19-20H2,1-8H3,(H,42,44)(H,43,45)(H,46,51)/t25-,30-,31-,36-/m0/s1. The van der Waals surface area contributed by atoms with E-state index in [1.54, 1.807) is 17.3 Å². The quantitative estimate of drug-likeness (QED) is 0.130. The molecule has 0 saturated heterocycles. The highest BCUT2D eigenvalue weighted by molar-refractivity contribution is 5.87. The van der Waals surface area contributed by atoms with E-state index in [1.807, 2.05) is 82.0 Å². The van der Waals surface area contributed by atoms with Crippen molar-refractivity contribution in [3.63, 3.8) is 0 Å². The van der Waals surface area contributed by atoms with Crippen LogP contribution in [0.4, 0.5) is 4.79 Å². The summed E-state index contributed by atoms with van der Waals surface area (Å²) in [6, 6.07) is 9.95. The maximum Gasteiger partial charge on any atom is 0.407 e. The summed E-state index contributed by atoms with van der Waals surface area (Å²) in [6.45, 7) is 14.9. The summed E-state index contributed by atoms with van der Waals surface area (Å²) in [5, 5.41) is 2.68. The van der Waals surface area contributed by atoms with Crippen molar-refractivity contribution in [3.05, 3.63) is 83.7 Å². The van der Waals surface area contributed by atoms with Crippen molar-refractivity contribution in [1.82, 2.24) is 35.1 Å². The Bertz CT molecular complexity index is 2160. The molecule has 0 bridgehead atoms. The molecule has 0 unspecified atom stereocenters. The Morgan fingerprint density at radius 2 is 1.41 bits per heavy atom. The van der Waals surface area contributed by atoms with Crippen molar-refractivity contribution in [1.29, 1.82) is 0 Å². The van der Waals surface area contributed by atoms with Crippen molar-refractivity contribution in [2.45, 2.75) is 66.6 Å². The first-order valence-electron chi connectivity index (χ1n) is 18.4. The van der Waals surface area contributed by atoms with E-state index in [2.05, 4.69) is 40.2 Å². The van der Waals surface area contributed by atoms with E-state index in [4.69, 9.17) is 19.2 Å². The molecule has 13 nitrogen and oxygen atoms in total. The Balaban J connectivity index is 1.06. The van der Waals surface area contributed by atoms with Crippen LogP contribution < -0.4 is 14.8 Å². The van der Waals surface area contributed by atoms with Crippen LogP contribution in [0.2, 0.25) is 0 Å². The van der Waals surface area contributed by atoms with Crippen LogP contribution in [0, 0.1) is 17.8 Å². The number of hydrogen-bond donors (Lipinski definition) is 3. The number of aromatic amines is 2. The van der Waals surface area contributed by atoms with Gasteiger partial charge in [0.2, 0.25) is 11.8 Å². The number of amides is 3. The number of methoxy groups -OCH3 is 1.